The van der Waals surface area contributed by atoms with Crippen molar-refractivity contribution >= 4 is 15.9 Å². The first-order chi connectivity index (χ1) is 15.9. The van der Waals surface area contributed by atoms with E-state index >= 15 is 0 Å². The van der Waals surface area contributed by atoms with Crippen molar-refractivity contribution in [3.8, 4) is 0 Å². The van der Waals surface area contributed by atoms with Gasteiger partial charge in [0.05, 0.1) is 10.9 Å². The van der Waals surface area contributed by atoms with Crippen LogP contribution in [0.15, 0.2) is 83.8 Å². The van der Waals surface area contributed by atoms with Gasteiger partial charge in [0.1, 0.15) is 0 Å². The predicted molar refractivity (Wildman–Crippen MR) is 129 cm³/mol. The van der Waals surface area contributed by atoms with Gasteiger partial charge in [-0.05, 0) is 55.4 Å². The quantitative estimate of drug-likeness (QED) is 0.583. The van der Waals surface area contributed by atoms with Crippen molar-refractivity contribution in [2.75, 3.05) is 27.2 Å². The van der Waals surface area contributed by atoms with Gasteiger partial charge in [-0.3, -0.25) is 4.79 Å². The number of benzene rings is 3. The average molecular weight is 464 g/mol. The standard InChI is InChI=1S/C26H29N3O3S/c1-28(2)25(21-10-4-3-5-11-21)18-27-26(30)22-13-8-14-24(17-22)33(31,32)29-16-15-20-9-6-7-12-23(20)19-29/h3-14,17,25H,15-16,18-19H2,1-2H3,(H,27,30). The number of hydrogen-bond donors (Lipinski definition) is 1. The van der Waals surface area contributed by atoms with Crippen molar-refractivity contribution in [2.45, 2.75) is 23.9 Å². The molecule has 0 bridgehead atoms. The zero-order valence-electron chi connectivity index (χ0n) is 18.9. The summed E-state index contributed by atoms with van der Waals surface area (Å²) < 4.78 is 28.1. The Balaban J connectivity index is 1.48. The highest BCUT2D eigenvalue weighted by Gasteiger charge is 2.28. The molecule has 1 aliphatic rings. The molecule has 1 amide bonds. The lowest BCUT2D eigenvalue weighted by molar-refractivity contribution is 0.0941. The van der Waals surface area contributed by atoms with Gasteiger partial charge in [0.2, 0.25) is 10.0 Å². The second-order valence-corrected chi connectivity index (χ2v) is 10.4. The Hall–Kier alpha value is -3.00. The van der Waals surface area contributed by atoms with Crippen LogP contribution in [0.2, 0.25) is 0 Å². The molecule has 1 heterocycles. The van der Waals surface area contributed by atoms with E-state index < -0.39 is 10.0 Å². The van der Waals surface area contributed by atoms with Gasteiger partial charge in [0, 0.05) is 25.2 Å². The van der Waals surface area contributed by atoms with Crippen LogP contribution in [0.4, 0.5) is 0 Å². The highest BCUT2D eigenvalue weighted by Crippen LogP contribution is 2.25. The van der Waals surface area contributed by atoms with E-state index in [0.29, 0.717) is 31.6 Å². The summed E-state index contributed by atoms with van der Waals surface area (Å²) in [6.45, 7) is 1.18. The molecule has 0 fully saturated rings. The molecule has 0 spiro atoms. The minimum atomic E-state index is -3.70. The first-order valence-corrected chi connectivity index (χ1v) is 12.5. The average Bonchev–Trinajstić information content (AvgIpc) is 2.84. The van der Waals surface area contributed by atoms with Crippen LogP contribution in [0, 0.1) is 0 Å². The van der Waals surface area contributed by atoms with Crippen molar-refractivity contribution in [3.05, 3.63) is 101 Å². The Labute approximate surface area is 195 Å². The van der Waals surface area contributed by atoms with Gasteiger partial charge in [-0.2, -0.15) is 4.31 Å². The summed E-state index contributed by atoms with van der Waals surface area (Å²) in [6, 6.07) is 24.2. The second kappa shape index (κ2) is 9.87. The van der Waals surface area contributed by atoms with E-state index in [1.807, 2.05) is 73.6 Å². The van der Waals surface area contributed by atoms with Gasteiger partial charge >= 0.3 is 0 Å². The van der Waals surface area contributed by atoms with Crippen molar-refractivity contribution in [3.63, 3.8) is 0 Å². The van der Waals surface area contributed by atoms with Crippen LogP contribution < -0.4 is 5.32 Å². The van der Waals surface area contributed by atoms with Crippen molar-refractivity contribution in [2.24, 2.45) is 0 Å². The van der Waals surface area contributed by atoms with E-state index in [0.717, 1.165) is 11.1 Å². The fourth-order valence-corrected chi connectivity index (χ4v) is 5.65. The van der Waals surface area contributed by atoms with E-state index in [-0.39, 0.29) is 16.8 Å². The molecule has 172 valence electrons. The number of hydrogen-bond acceptors (Lipinski definition) is 4. The molecule has 0 aromatic heterocycles. The predicted octanol–water partition coefficient (Wildman–Crippen LogP) is 3.47. The fourth-order valence-electron chi connectivity index (χ4n) is 4.19. The van der Waals surface area contributed by atoms with Crippen LogP contribution in [0.1, 0.15) is 33.1 Å². The van der Waals surface area contributed by atoms with Gasteiger partial charge in [-0.1, -0.05) is 60.7 Å². The molecule has 0 radical (unpaired) electrons. The normalized spacial score (nSPS) is 15.1. The highest BCUT2D eigenvalue weighted by atomic mass is 32.2. The molecule has 3 aromatic rings. The zero-order valence-corrected chi connectivity index (χ0v) is 19.8. The topological polar surface area (TPSA) is 69.7 Å². The first kappa shape index (κ1) is 23.2. The molecule has 3 aromatic carbocycles. The molecule has 1 aliphatic heterocycles. The summed E-state index contributed by atoms with van der Waals surface area (Å²) in [5.41, 5.74) is 3.64. The molecular formula is C26H29N3O3S. The molecule has 7 heteroatoms. The molecule has 0 saturated carbocycles. The summed E-state index contributed by atoms with van der Waals surface area (Å²) >= 11 is 0. The maximum Gasteiger partial charge on any atom is 0.251 e. The van der Waals surface area contributed by atoms with E-state index in [9.17, 15) is 13.2 Å². The summed E-state index contributed by atoms with van der Waals surface area (Å²) in [7, 11) is 0.229. The van der Waals surface area contributed by atoms with E-state index in [1.54, 1.807) is 18.2 Å². The van der Waals surface area contributed by atoms with Crippen LogP contribution in [0.25, 0.3) is 0 Å². The van der Waals surface area contributed by atoms with E-state index in [2.05, 4.69) is 5.32 Å². The minimum Gasteiger partial charge on any atom is -0.350 e. The fraction of sp³-hybridized carbons (Fsp3) is 0.269. The monoisotopic (exact) mass is 463 g/mol. The van der Waals surface area contributed by atoms with Crippen LogP contribution in [-0.2, 0) is 23.0 Å². The van der Waals surface area contributed by atoms with Crippen molar-refractivity contribution in [1.29, 1.82) is 0 Å². The lowest BCUT2D eigenvalue weighted by Crippen LogP contribution is -2.36. The van der Waals surface area contributed by atoms with Crippen LogP contribution in [0.5, 0.6) is 0 Å². The number of nitrogens with zero attached hydrogens (tertiary/aromatic N) is 2. The number of carbonyl (C=O) groups excluding carboxylic acids is 1. The van der Waals surface area contributed by atoms with Gasteiger partial charge in [-0.25, -0.2) is 8.42 Å². The molecular weight excluding hydrogens is 434 g/mol. The molecule has 0 saturated heterocycles. The smallest absolute Gasteiger partial charge is 0.251 e. The first-order valence-electron chi connectivity index (χ1n) is 11.0. The number of carbonyl (C=O) groups is 1. The lowest BCUT2D eigenvalue weighted by atomic mass is 10.0. The molecule has 0 aliphatic carbocycles. The number of rotatable bonds is 7. The Bertz CT molecular complexity index is 1230. The summed E-state index contributed by atoms with van der Waals surface area (Å²) in [5.74, 6) is -0.293. The summed E-state index contributed by atoms with van der Waals surface area (Å²) in [6.07, 6.45) is 0.682. The van der Waals surface area contributed by atoms with Gasteiger partial charge in [0.15, 0.2) is 0 Å². The third-order valence-corrected chi connectivity index (χ3v) is 7.93. The third-order valence-electron chi connectivity index (χ3n) is 6.09. The third kappa shape index (κ3) is 5.16. The zero-order chi connectivity index (χ0) is 23.4. The highest BCUT2D eigenvalue weighted by molar-refractivity contribution is 7.89. The second-order valence-electron chi connectivity index (χ2n) is 8.49. The molecule has 1 N–H and O–H groups in total. The number of fused-ring (bicyclic) bond motifs is 1. The van der Waals surface area contributed by atoms with E-state index in [1.165, 1.54) is 15.9 Å². The molecule has 4 rings (SSSR count). The number of nitrogens with one attached hydrogen (secondary N) is 1. The minimum absolute atomic E-state index is 0.00971. The van der Waals surface area contributed by atoms with Crippen LogP contribution in [-0.4, -0.2) is 50.7 Å². The van der Waals surface area contributed by atoms with Crippen LogP contribution in [0.3, 0.4) is 0 Å². The van der Waals surface area contributed by atoms with E-state index in [4.69, 9.17) is 0 Å². The molecule has 33 heavy (non-hydrogen) atoms. The lowest BCUT2D eigenvalue weighted by Gasteiger charge is -2.28. The Morgan fingerprint density at radius 2 is 1.67 bits per heavy atom. The SMILES string of the molecule is CN(C)C(CNC(=O)c1cccc(S(=O)(=O)N2CCc3ccccc3C2)c1)c1ccccc1. The number of amides is 1. The molecule has 1 unspecified atom stereocenters. The maximum absolute atomic E-state index is 13.3. The van der Waals surface area contributed by atoms with Crippen molar-refractivity contribution in [1.82, 2.24) is 14.5 Å². The molecule has 1 atom stereocenters. The number of sulfonamides is 1. The molecule has 6 nitrogen and oxygen atoms in total. The Morgan fingerprint density at radius 1 is 0.970 bits per heavy atom. The van der Waals surface area contributed by atoms with Crippen molar-refractivity contribution < 1.29 is 13.2 Å². The summed E-state index contributed by atoms with van der Waals surface area (Å²) in [5, 5.41) is 2.96. The largest absolute Gasteiger partial charge is 0.350 e. The van der Waals surface area contributed by atoms with Gasteiger partial charge in [0.25, 0.3) is 5.91 Å². The Morgan fingerprint density at radius 3 is 2.39 bits per heavy atom. The maximum atomic E-state index is 13.3. The van der Waals surface area contributed by atoms with Crippen LogP contribution >= 0.6 is 0 Å². The number of likely N-dealkylation sites (N-methyl/N-ethyl adjacent to an activating group) is 1. The Kier molecular flexibility index (Phi) is 6.93. The van der Waals surface area contributed by atoms with Gasteiger partial charge < -0.3 is 10.2 Å². The summed E-state index contributed by atoms with van der Waals surface area (Å²) in [4.78, 5) is 15.1. The van der Waals surface area contributed by atoms with Gasteiger partial charge in [-0.15, -0.1) is 0 Å².